The molecule has 32 heavy (non-hydrogen) atoms. The van der Waals surface area contributed by atoms with Gasteiger partial charge < -0.3 is 15.2 Å². The summed E-state index contributed by atoms with van der Waals surface area (Å²) in [4.78, 5) is 11.8. The molecule has 6 nitrogen and oxygen atoms in total. The number of aryl methyl sites for hydroxylation is 1. The van der Waals surface area contributed by atoms with Gasteiger partial charge in [0, 0.05) is 17.7 Å². The number of nitrogens with zero attached hydrogens (tertiary/aromatic N) is 2. The molecule has 3 aromatic rings. The van der Waals surface area contributed by atoms with Crippen molar-refractivity contribution in [3.05, 3.63) is 54.0 Å². The summed E-state index contributed by atoms with van der Waals surface area (Å²) in [5.74, 6) is 0.608. The molecular weight excluding hydrogens is 409 g/mol. The molecule has 0 saturated heterocycles. The summed E-state index contributed by atoms with van der Waals surface area (Å²) in [6.45, 7) is 2.73. The zero-order chi connectivity index (χ0) is 22.2. The van der Waals surface area contributed by atoms with Crippen LogP contribution < -0.4 is 10.1 Å². The third kappa shape index (κ3) is 4.00. The van der Waals surface area contributed by atoms with Crippen LogP contribution in [0.3, 0.4) is 0 Å². The van der Waals surface area contributed by atoms with Crippen LogP contribution >= 0.6 is 0 Å². The number of halogens is 1. The molecule has 0 radical (unpaired) electrons. The molecule has 2 heterocycles. The van der Waals surface area contributed by atoms with E-state index in [2.05, 4.69) is 5.32 Å². The van der Waals surface area contributed by atoms with Crippen molar-refractivity contribution in [3.63, 3.8) is 0 Å². The van der Waals surface area contributed by atoms with Crippen molar-refractivity contribution in [2.75, 3.05) is 11.9 Å². The fourth-order valence-corrected chi connectivity index (χ4v) is 4.77. The van der Waals surface area contributed by atoms with Crippen LogP contribution in [-0.4, -0.2) is 33.5 Å². The molecule has 0 spiro atoms. The average Bonchev–Trinajstić information content (AvgIpc) is 3.11. The van der Waals surface area contributed by atoms with E-state index in [1.807, 2.05) is 29.8 Å². The van der Waals surface area contributed by atoms with Gasteiger partial charge in [-0.3, -0.25) is 9.48 Å². The maximum Gasteiger partial charge on any atom is 0.262 e. The maximum absolute atomic E-state index is 13.7. The van der Waals surface area contributed by atoms with Crippen LogP contribution in [0, 0.1) is 18.7 Å². The molecule has 0 unspecified atom stereocenters. The van der Waals surface area contributed by atoms with E-state index in [0.717, 1.165) is 60.3 Å². The zero-order valence-electron chi connectivity index (χ0n) is 18.0. The minimum atomic E-state index is -0.284. The third-order valence-corrected chi connectivity index (χ3v) is 6.39. The summed E-state index contributed by atoms with van der Waals surface area (Å²) >= 11 is 0. The van der Waals surface area contributed by atoms with E-state index in [-0.39, 0.29) is 24.4 Å². The SMILES string of the molecule is Cc1nn(C[C@H]2CC[C@@H](O)CC2)c(-c2ccc(F)cc2)c1-c1ccc2c(c1)NC(=O)CO2. The lowest BCUT2D eigenvalue weighted by Crippen LogP contribution is -2.25. The minimum absolute atomic E-state index is 0.0141. The largest absolute Gasteiger partial charge is 0.482 e. The smallest absolute Gasteiger partial charge is 0.262 e. The van der Waals surface area contributed by atoms with Gasteiger partial charge in [0.15, 0.2) is 6.61 Å². The lowest BCUT2D eigenvalue weighted by atomic mass is 9.87. The molecule has 1 saturated carbocycles. The molecule has 7 heteroatoms. The lowest BCUT2D eigenvalue weighted by Gasteiger charge is -2.26. The Morgan fingerprint density at radius 3 is 2.59 bits per heavy atom. The molecule has 2 aliphatic rings. The summed E-state index contributed by atoms with van der Waals surface area (Å²) in [6, 6.07) is 12.2. The van der Waals surface area contributed by atoms with Crippen LogP contribution in [0.1, 0.15) is 31.4 Å². The third-order valence-electron chi connectivity index (χ3n) is 6.39. The number of aliphatic hydroxyl groups is 1. The van der Waals surface area contributed by atoms with Crippen LogP contribution in [0.5, 0.6) is 5.75 Å². The van der Waals surface area contributed by atoms with Crippen LogP contribution in [0.2, 0.25) is 0 Å². The quantitative estimate of drug-likeness (QED) is 0.631. The van der Waals surface area contributed by atoms with Gasteiger partial charge in [-0.25, -0.2) is 4.39 Å². The van der Waals surface area contributed by atoms with E-state index >= 15 is 0 Å². The summed E-state index contributed by atoms with van der Waals surface area (Å²) in [5, 5.41) is 17.6. The van der Waals surface area contributed by atoms with Crippen molar-refractivity contribution < 1.29 is 19.0 Å². The Balaban J connectivity index is 1.59. The molecule has 0 bridgehead atoms. The zero-order valence-corrected chi connectivity index (χ0v) is 18.0. The monoisotopic (exact) mass is 435 g/mol. The van der Waals surface area contributed by atoms with E-state index in [9.17, 15) is 14.3 Å². The van der Waals surface area contributed by atoms with E-state index in [1.165, 1.54) is 12.1 Å². The van der Waals surface area contributed by atoms with Crippen LogP contribution in [0.25, 0.3) is 22.4 Å². The molecular formula is C25H26FN3O3. The predicted molar refractivity (Wildman–Crippen MR) is 120 cm³/mol. The van der Waals surface area contributed by atoms with Crippen LogP contribution in [0.4, 0.5) is 10.1 Å². The number of hydrogen-bond donors (Lipinski definition) is 2. The number of benzene rings is 2. The van der Waals surface area contributed by atoms with Crippen molar-refractivity contribution >= 4 is 11.6 Å². The van der Waals surface area contributed by atoms with Gasteiger partial charge in [-0.2, -0.15) is 5.10 Å². The van der Waals surface area contributed by atoms with Gasteiger partial charge in [-0.15, -0.1) is 0 Å². The van der Waals surface area contributed by atoms with Gasteiger partial charge >= 0.3 is 0 Å². The fraction of sp³-hybridized carbons (Fsp3) is 0.360. The molecule has 5 rings (SSSR count). The minimum Gasteiger partial charge on any atom is -0.482 e. The number of carbonyl (C=O) groups excluding carboxylic acids is 1. The first-order chi connectivity index (χ1) is 15.5. The number of fused-ring (bicyclic) bond motifs is 1. The molecule has 2 N–H and O–H groups in total. The second-order valence-electron chi connectivity index (χ2n) is 8.72. The topological polar surface area (TPSA) is 76.4 Å². The van der Waals surface area contributed by atoms with E-state index in [4.69, 9.17) is 9.84 Å². The van der Waals surface area contributed by atoms with Crippen molar-refractivity contribution in [2.24, 2.45) is 5.92 Å². The van der Waals surface area contributed by atoms with Crippen molar-refractivity contribution in [1.29, 1.82) is 0 Å². The number of anilines is 1. The lowest BCUT2D eigenvalue weighted by molar-refractivity contribution is -0.118. The van der Waals surface area contributed by atoms with Crippen molar-refractivity contribution in [3.8, 4) is 28.1 Å². The van der Waals surface area contributed by atoms with Gasteiger partial charge in [-0.1, -0.05) is 6.07 Å². The fourth-order valence-electron chi connectivity index (χ4n) is 4.77. The van der Waals surface area contributed by atoms with Gasteiger partial charge in [0.2, 0.25) is 0 Å². The number of nitrogens with one attached hydrogen (secondary N) is 1. The Bertz CT molecular complexity index is 1150. The Kier molecular flexibility index (Phi) is 5.43. The van der Waals surface area contributed by atoms with E-state index < -0.39 is 0 Å². The Hall–Kier alpha value is -3.19. The van der Waals surface area contributed by atoms with E-state index in [0.29, 0.717) is 17.4 Å². The van der Waals surface area contributed by atoms with Gasteiger partial charge in [0.25, 0.3) is 5.91 Å². The van der Waals surface area contributed by atoms with Gasteiger partial charge in [0.05, 0.1) is 23.2 Å². The second-order valence-corrected chi connectivity index (χ2v) is 8.72. The molecule has 1 aromatic heterocycles. The van der Waals surface area contributed by atoms with E-state index in [1.54, 1.807) is 12.1 Å². The molecule has 0 atom stereocenters. The summed E-state index contributed by atoms with van der Waals surface area (Å²) in [7, 11) is 0. The number of rotatable bonds is 4. The Morgan fingerprint density at radius 2 is 1.84 bits per heavy atom. The van der Waals surface area contributed by atoms with Crippen LogP contribution in [-0.2, 0) is 11.3 Å². The standard InChI is InChI=1S/C25H26FN3O3/c1-15-24(18-6-11-22-21(12-18)27-23(31)14-32-22)25(17-4-7-19(26)8-5-17)29(28-15)13-16-2-9-20(30)10-3-16/h4-8,11-12,16,20,30H,2-3,9-10,13-14H2,1H3,(H,27,31)/t16-,20+. The van der Waals surface area contributed by atoms with Gasteiger partial charge in [-0.05, 0) is 80.5 Å². The molecule has 166 valence electrons. The summed E-state index contributed by atoms with van der Waals surface area (Å²) < 4.78 is 21.2. The molecule has 1 fully saturated rings. The highest BCUT2D eigenvalue weighted by Crippen LogP contribution is 2.40. The first-order valence-electron chi connectivity index (χ1n) is 11.1. The van der Waals surface area contributed by atoms with Crippen molar-refractivity contribution in [1.82, 2.24) is 9.78 Å². The van der Waals surface area contributed by atoms with Gasteiger partial charge in [0.1, 0.15) is 11.6 Å². The highest BCUT2D eigenvalue weighted by atomic mass is 19.1. The molecule has 1 aliphatic carbocycles. The highest BCUT2D eigenvalue weighted by Gasteiger charge is 2.25. The first kappa shape index (κ1) is 20.7. The number of ether oxygens (including phenoxy) is 1. The number of aromatic nitrogens is 2. The molecule has 1 amide bonds. The first-order valence-corrected chi connectivity index (χ1v) is 11.1. The summed E-state index contributed by atoms with van der Waals surface area (Å²) in [5.41, 5.74) is 5.18. The normalized spacial score (nSPS) is 20.4. The summed E-state index contributed by atoms with van der Waals surface area (Å²) in [6.07, 6.45) is 3.34. The number of carbonyl (C=O) groups is 1. The van der Waals surface area contributed by atoms with Crippen LogP contribution in [0.15, 0.2) is 42.5 Å². The number of hydrogen-bond acceptors (Lipinski definition) is 4. The number of amides is 1. The molecule has 1 aliphatic heterocycles. The van der Waals surface area contributed by atoms with Crippen molar-refractivity contribution in [2.45, 2.75) is 45.3 Å². The number of aliphatic hydroxyl groups excluding tert-OH is 1. The predicted octanol–water partition coefficient (Wildman–Crippen LogP) is 4.55. The Labute approximate surface area is 186 Å². The average molecular weight is 435 g/mol. The molecule has 2 aromatic carbocycles. The second kappa shape index (κ2) is 8.39. The maximum atomic E-state index is 13.7. The Morgan fingerprint density at radius 1 is 1.12 bits per heavy atom. The highest BCUT2D eigenvalue weighted by molar-refractivity contribution is 5.97.